The monoisotopic (exact) mass is 224 g/mol. The summed E-state index contributed by atoms with van der Waals surface area (Å²) in [6.45, 7) is 1.60. The van der Waals surface area contributed by atoms with Crippen LogP contribution in [0.15, 0.2) is 47.8 Å². The van der Waals surface area contributed by atoms with Gasteiger partial charge in [0.05, 0.1) is 18.5 Å². The van der Waals surface area contributed by atoms with Crippen LogP contribution in [0.25, 0.3) is 0 Å². The van der Waals surface area contributed by atoms with E-state index >= 15 is 0 Å². The number of nitrogens with zero attached hydrogens (tertiary/aromatic N) is 3. The van der Waals surface area contributed by atoms with Gasteiger partial charge in [-0.25, -0.2) is 0 Å². The van der Waals surface area contributed by atoms with Crippen molar-refractivity contribution in [1.29, 1.82) is 0 Å². The van der Waals surface area contributed by atoms with Gasteiger partial charge in [0.15, 0.2) is 0 Å². The highest BCUT2D eigenvalue weighted by Crippen LogP contribution is 2.20. The zero-order valence-corrected chi connectivity index (χ0v) is 9.30. The zero-order chi connectivity index (χ0) is 11.5. The molecular formula is C13H12N4. The van der Waals surface area contributed by atoms with Crippen molar-refractivity contribution in [3.8, 4) is 0 Å². The van der Waals surface area contributed by atoms with E-state index < -0.39 is 0 Å². The largest absolute Gasteiger partial charge is 0.383 e. The van der Waals surface area contributed by atoms with Crippen LogP contribution in [0.2, 0.25) is 0 Å². The second kappa shape index (κ2) is 4.33. The Balaban J connectivity index is 2.14. The first-order valence-electron chi connectivity index (χ1n) is 5.59. The number of anilines is 1. The van der Waals surface area contributed by atoms with Crippen molar-refractivity contribution in [1.82, 2.24) is 9.97 Å². The molecule has 0 radical (unpaired) electrons. The molecule has 0 saturated carbocycles. The van der Waals surface area contributed by atoms with Gasteiger partial charge in [0.25, 0.3) is 0 Å². The third-order valence-electron chi connectivity index (χ3n) is 2.69. The maximum Gasteiger partial charge on any atom is 0.107 e. The summed E-state index contributed by atoms with van der Waals surface area (Å²) in [7, 11) is 0. The second-order valence-electron chi connectivity index (χ2n) is 3.79. The Morgan fingerprint density at radius 2 is 2.06 bits per heavy atom. The molecule has 0 aliphatic carbocycles. The number of hydrogen-bond donors (Lipinski definition) is 1. The third kappa shape index (κ3) is 1.89. The smallest absolute Gasteiger partial charge is 0.107 e. The van der Waals surface area contributed by atoms with Gasteiger partial charge in [0, 0.05) is 30.2 Å². The SMILES string of the molecule is c1ccc2c(c1)NCCN=C2c1cnccn1. The summed E-state index contributed by atoms with van der Waals surface area (Å²) in [5, 5.41) is 3.36. The Morgan fingerprint density at radius 1 is 1.12 bits per heavy atom. The number of para-hydroxylation sites is 1. The molecule has 0 atom stereocenters. The van der Waals surface area contributed by atoms with E-state index in [1.165, 1.54) is 0 Å². The van der Waals surface area contributed by atoms with Crippen LogP contribution in [0.1, 0.15) is 11.3 Å². The van der Waals surface area contributed by atoms with Crippen LogP contribution in [-0.2, 0) is 0 Å². The molecule has 1 N–H and O–H groups in total. The van der Waals surface area contributed by atoms with Gasteiger partial charge in [-0.1, -0.05) is 18.2 Å². The van der Waals surface area contributed by atoms with E-state index in [1.807, 2.05) is 12.1 Å². The summed E-state index contributed by atoms with van der Waals surface area (Å²) >= 11 is 0. The van der Waals surface area contributed by atoms with Crippen LogP contribution >= 0.6 is 0 Å². The van der Waals surface area contributed by atoms with Crippen molar-refractivity contribution in [3.05, 3.63) is 54.1 Å². The van der Waals surface area contributed by atoms with Gasteiger partial charge in [-0.3, -0.25) is 15.0 Å². The number of aromatic nitrogens is 2. The highest BCUT2D eigenvalue weighted by atomic mass is 14.9. The number of hydrogen-bond acceptors (Lipinski definition) is 4. The minimum absolute atomic E-state index is 0.751. The molecule has 0 saturated heterocycles. The lowest BCUT2D eigenvalue weighted by molar-refractivity contribution is 1.03. The molecule has 84 valence electrons. The molecule has 0 bridgehead atoms. The van der Waals surface area contributed by atoms with Crippen LogP contribution in [0.5, 0.6) is 0 Å². The fourth-order valence-electron chi connectivity index (χ4n) is 1.93. The first kappa shape index (κ1) is 9.96. The van der Waals surface area contributed by atoms with Crippen molar-refractivity contribution in [3.63, 3.8) is 0 Å². The number of fused-ring (bicyclic) bond motifs is 1. The number of benzodiazepines with no additional fused rings is 1. The molecule has 2 aromatic rings. The highest BCUT2D eigenvalue weighted by Gasteiger charge is 2.14. The molecule has 2 heterocycles. The van der Waals surface area contributed by atoms with Crippen molar-refractivity contribution in [2.24, 2.45) is 4.99 Å². The average Bonchev–Trinajstić information content (AvgIpc) is 2.62. The van der Waals surface area contributed by atoms with Gasteiger partial charge in [-0.05, 0) is 6.07 Å². The Morgan fingerprint density at radius 3 is 2.94 bits per heavy atom. The Hall–Kier alpha value is -2.23. The molecule has 3 rings (SSSR count). The summed E-state index contributed by atoms with van der Waals surface area (Å²) < 4.78 is 0. The molecule has 1 aromatic heterocycles. The molecule has 0 spiro atoms. The standard InChI is InChI=1S/C13H12N4/c1-2-4-11-10(3-1)13(17-8-7-15-11)12-9-14-5-6-16-12/h1-6,9,15H,7-8H2. The minimum Gasteiger partial charge on any atom is -0.383 e. The fraction of sp³-hybridized carbons (Fsp3) is 0.154. The van der Waals surface area contributed by atoms with Crippen molar-refractivity contribution < 1.29 is 0 Å². The quantitative estimate of drug-likeness (QED) is 0.802. The minimum atomic E-state index is 0.751. The number of nitrogens with one attached hydrogen (secondary N) is 1. The van der Waals surface area contributed by atoms with Crippen molar-refractivity contribution >= 4 is 11.4 Å². The summed E-state index contributed by atoms with van der Waals surface area (Å²) in [6, 6.07) is 8.15. The van der Waals surface area contributed by atoms with Gasteiger partial charge in [-0.2, -0.15) is 0 Å². The lowest BCUT2D eigenvalue weighted by Gasteiger charge is -2.08. The average molecular weight is 224 g/mol. The molecular weight excluding hydrogens is 212 g/mol. The zero-order valence-electron chi connectivity index (χ0n) is 9.30. The predicted molar refractivity (Wildman–Crippen MR) is 67.5 cm³/mol. The van der Waals surface area contributed by atoms with Crippen LogP contribution < -0.4 is 5.32 Å². The van der Waals surface area contributed by atoms with Gasteiger partial charge in [-0.15, -0.1) is 0 Å². The second-order valence-corrected chi connectivity index (χ2v) is 3.79. The van der Waals surface area contributed by atoms with Gasteiger partial charge >= 0.3 is 0 Å². The van der Waals surface area contributed by atoms with E-state index in [9.17, 15) is 0 Å². The molecule has 1 aliphatic heterocycles. The fourth-order valence-corrected chi connectivity index (χ4v) is 1.93. The normalized spacial score (nSPS) is 14.2. The van der Waals surface area contributed by atoms with Crippen molar-refractivity contribution in [2.45, 2.75) is 0 Å². The van der Waals surface area contributed by atoms with Crippen LogP contribution in [0, 0.1) is 0 Å². The summed E-state index contributed by atoms with van der Waals surface area (Å²) in [5.41, 5.74) is 3.93. The van der Waals surface area contributed by atoms with E-state index in [-0.39, 0.29) is 0 Å². The van der Waals surface area contributed by atoms with Gasteiger partial charge in [0.2, 0.25) is 0 Å². The Bertz CT molecular complexity index is 548. The van der Waals surface area contributed by atoms with Crippen LogP contribution in [0.4, 0.5) is 5.69 Å². The Kier molecular flexibility index (Phi) is 2.54. The molecule has 0 fully saturated rings. The number of benzene rings is 1. The molecule has 0 unspecified atom stereocenters. The third-order valence-corrected chi connectivity index (χ3v) is 2.69. The number of aliphatic imine (C=N–C) groups is 1. The maximum atomic E-state index is 4.59. The molecule has 4 heteroatoms. The van der Waals surface area contributed by atoms with E-state index in [0.717, 1.165) is 35.7 Å². The van der Waals surface area contributed by atoms with E-state index in [4.69, 9.17) is 0 Å². The highest BCUT2D eigenvalue weighted by molar-refractivity contribution is 6.15. The van der Waals surface area contributed by atoms with E-state index in [2.05, 4.69) is 32.4 Å². The molecule has 0 amide bonds. The lowest BCUT2D eigenvalue weighted by atomic mass is 10.1. The summed E-state index contributed by atoms with van der Waals surface area (Å²) in [6.07, 6.45) is 5.12. The summed E-state index contributed by atoms with van der Waals surface area (Å²) in [5.74, 6) is 0. The van der Waals surface area contributed by atoms with Crippen LogP contribution in [0.3, 0.4) is 0 Å². The molecule has 17 heavy (non-hydrogen) atoms. The topological polar surface area (TPSA) is 50.2 Å². The maximum absolute atomic E-state index is 4.59. The first-order chi connectivity index (χ1) is 8.45. The van der Waals surface area contributed by atoms with Gasteiger partial charge in [0.1, 0.15) is 5.69 Å². The van der Waals surface area contributed by atoms with Crippen LogP contribution in [-0.4, -0.2) is 28.8 Å². The first-order valence-corrected chi connectivity index (χ1v) is 5.59. The molecule has 1 aromatic carbocycles. The summed E-state index contributed by atoms with van der Waals surface area (Å²) in [4.78, 5) is 13.0. The number of rotatable bonds is 1. The van der Waals surface area contributed by atoms with E-state index in [0.29, 0.717) is 0 Å². The lowest BCUT2D eigenvalue weighted by Crippen LogP contribution is -2.07. The predicted octanol–water partition coefficient (Wildman–Crippen LogP) is 1.74. The van der Waals surface area contributed by atoms with Gasteiger partial charge < -0.3 is 5.32 Å². The van der Waals surface area contributed by atoms with E-state index in [1.54, 1.807) is 18.6 Å². The molecule has 4 nitrogen and oxygen atoms in total. The van der Waals surface area contributed by atoms with Crippen molar-refractivity contribution in [2.75, 3.05) is 18.4 Å². The Labute approximate surface area is 99.5 Å². The molecule has 1 aliphatic rings.